The maximum absolute atomic E-state index is 13.3. The van der Waals surface area contributed by atoms with E-state index in [0.717, 1.165) is 10.0 Å². The molecular weight excluding hydrogens is 345 g/mol. The van der Waals surface area contributed by atoms with Gasteiger partial charge in [0.1, 0.15) is 17.7 Å². The first-order chi connectivity index (χ1) is 9.54. The van der Waals surface area contributed by atoms with Crippen LogP contribution in [0.5, 0.6) is 5.75 Å². The number of hydrogen-bond acceptors (Lipinski definition) is 2. The maximum Gasteiger partial charge on any atom is 0.127 e. The monoisotopic (exact) mass is 355 g/mol. The molecule has 0 amide bonds. The van der Waals surface area contributed by atoms with E-state index >= 15 is 0 Å². The van der Waals surface area contributed by atoms with Gasteiger partial charge in [0.25, 0.3) is 0 Å². The Balaban J connectivity index is 1.97. The molecule has 2 aromatic rings. The van der Waals surface area contributed by atoms with Crippen molar-refractivity contribution in [2.45, 2.75) is 18.6 Å². The fourth-order valence-corrected chi connectivity index (χ4v) is 3.22. The largest absolute Gasteiger partial charge is 0.485 e. The molecule has 20 heavy (non-hydrogen) atoms. The van der Waals surface area contributed by atoms with Gasteiger partial charge in [-0.2, -0.15) is 0 Å². The molecule has 0 aromatic heterocycles. The topological polar surface area (TPSA) is 35.2 Å². The molecule has 0 saturated heterocycles. The molecule has 0 saturated carbocycles. The van der Waals surface area contributed by atoms with Crippen LogP contribution in [0.1, 0.15) is 29.7 Å². The van der Waals surface area contributed by atoms with Crippen molar-refractivity contribution < 1.29 is 9.13 Å². The third-order valence-electron chi connectivity index (χ3n) is 3.42. The Kier molecular flexibility index (Phi) is 3.71. The number of nitrogens with two attached hydrogens (primary N) is 1. The minimum Gasteiger partial charge on any atom is -0.485 e. The van der Waals surface area contributed by atoms with Crippen LogP contribution < -0.4 is 10.5 Å². The van der Waals surface area contributed by atoms with Crippen molar-refractivity contribution in [2.24, 2.45) is 5.73 Å². The van der Waals surface area contributed by atoms with E-state index in [1.807, 2.05) is 18.2 Å². The summed E-state index contributed by atoms with van der Waals surface area (Å²) in [7, 11) is 0. The van der Waals surface area contributed by atoms with Crippen LogP contribution in [0.2, 0.25) is 5.02 Å². The summed E-state index contributed by atoms with van der Waals surface area (Å²) in [6.07, 6.45) is 0.348. The Bertz CT molecular complexity index is 664. The first kappa shape index (κ1) is 13.9. The highest BCUT2D eigenvalue weighted by Gasteiger charge is 2.28. The van der Waals surface area contributed by atoms with Gasteiger partial charge in [-0.25, -0.2) is 4.39 Å². The zero-order valence-corrected chi connectivity index (χ0v) is 12.8. The normalized spacial score (nSPS) is 21.2. The van der Waals surface area contributed by atoms with Crippen LogP contribution in [-0.4, -0.2) is 0 Å². The molecule has 0 bridgehead atoms. The summed E-state index contributed by atoms with van der Waals surface area (Å²) in [4.78, 5) is 0. The van der Waals surface area contributed by atoms with E-state index in [1.165, 1.54) is 12.1 Å². The van der Waals surface area contributed by atoms with Crippen molar-refractivity contribution >= 4 is 27.5 Å². The second kappa shape index (κ2) is 5.35. The van der Waals surface area contributed by atoms with Crippen molar-refractivity contribution in [2.75, 3.05) is 0 Å². The van der Waals surface area contributed by atoms with Crippen LogP contribution in [-0.2, 0) is 0 Å². The molecule has 2 nitrogen and oxygen atoms in total. The first-order valence-corrected chi connectivity index (χ1v) is 7.38. The summed E-state index contributed by atoms with van der Waals surface area (Å²) in [5.41, 5.74) is 7.72. The van der Waals surface area contributed by atoms with Gasteiger partial charge in [-0.15, -0.1) is 0 Å². The maximum atomic E-state index is 13.3. The molecule has 1 heterocycles. The van der Waals surface area contributed by atoms with Crippen molar-refractivity contribution in [3.63, 3.8) is 0 Å². The van der Waals surface area contributed by atoms with Gasteiger partial charge in [0.05, 0.1) is 0 Å². The van der Waals surface area contributed by atoms with Gasteiger partial charge in [0.15, 0.2) is 0 Å². The molecule has 1 unspecified atom stereocenters. The SMILES string of the molecule is N[C@@H]1CC(c2ccc(Br)cc2Cl)Oc2ccc(F)cc21. The van der Waals surface area contributed by atoms with Crippen LogP contribution in [0, 0.1) is 5.82 Å². The van der Waals surface area contributed by atoms with E-state index in [1.54, 1.807) is 6.07 Å². The lowest BCUT2D eigenvalue weighted by atomic mass is 9.93. The fraction of sp³-hybridized carbons (Fsp3) is 0.200. The number of rotatable bonds is 1. The Morgan fingerprint density at radius 3 is 2.75 bits per heavy atom. The molecule has 1 aliphatic rings. The average molecular weight is 357 g/mol. The van der Waals surface area contributed by atoms with Crippen LogP contribution in [0.4, 0.5) is 4.39 Å². The van der Waals surface area contributed by atoms with Gasteiger partial charge in [-0.3, -0.25) is 0 Å². The van der Waals surface area contributed by atoms with Gasteiger partial charge in [0.2, 0.25) is 0 Å². The second-order valence-electron chi connectivity index (χ2n) is 4.80. The third kappa shape index (κ3) is 2.55. The van der Waals surface area contributed by atoms with E-state index in [-0.39, 0.29) is 18.0 Å². The summed E-state index contributed by atoms with van der Waals surface area (Å²) in [6.45, 7) is 0. The Morgan fingerprint density at radius 1 is 1.20 bits per heavy atom. The Labute approximate surface area is 129 Å². The minimum atomic E-state index is -0.303. The summed E-state index contributed by atoms with van der Waals surface area (Å²) in [5, 5.41) is 0.627. The highest BCUT2D eigenvalue weighted by atomic mass is 79.9. The van der Waals surface area contributed by atoms with Crippen LogP contribution in [0.3, 0.4) is 0 Å². The van der Waals surface area contributed by atoms with E-state index in [9.17, 15) is 4.39 Å². The second-order valence-corrected chi connectivity index (χ2v) is 6.12. The zero-order chi connectivity index (χ0) is 14.3. The number of ether oxygens (including phenoxy) is 1. The molecule has 1 aliphatic heterocycles. The summed E-state index contributed by atoms with van der Waals surface area (Å²) >= 11 is 9.63. The van der Waals surface area contributed by atoms with Crippen molar-refractivity contribution in [1.29, 1.82) is 0 Å². The molecule has 0 spiro atoms. The molecule has 2 atom stereocenters. The molecular formula is C15H12BrClFNO. The predicted octanol–water partition coefficient (Wildman–Crippen LogP) is 4.77. The third-order valence-corrected chi connectivity index (χ3v) is 4.24. The molecule has 3 rings (SSSR count). The molecule has 5 heteroatoms. The zero-order valence-electron chi connectivity index (χ0n) is 10.4. The highest BCUT2D eigenvalue weighted by molar-refractivity contribution is 9.10. The summed E-state index contributed by atoms with van der Waals surface area (Å²) < 4.78 is 20.1. The van der Waals surface area contributed by atoms with Gasteiger partial charge >= 0.3 is 0 Å². The average Bonchev–Trinajstić information content (AvgIpc) is 2.39. The minimum absolute atomic E-state index is 0.219. The smallest absolute Gasteiger partial charge is 0.127 e. The molecule has 2 N–H and O–H groups in total. The molecule has 104 valence electrons. The number of hydrogen-bond donors (Lipinski definition) is 1. The Hall–Kier alpha value is -1.10. The standard InChI is InChI=1S/C15H12BrClFNO/c16-8-1-3-10(12(17)5-8)15-7-13(19)11-6-9(18)2-4-14(11)20-15/h1-6,13,15H,7,19H2/t13-,15?/m1/s1. The lowest BCUT2D eigenvalue weighted by molar-refractivity contribution is 0.161. The lowest BCUT2D eigenvalue weighted by Gasteiger charge is -2.31. The van der Waals surface area contributed by atoms with Gasteiger partial charge < -0.3 is 10.5 Å². The fourth-order valence-electron chi connectivity index (χ4n) is 2.43. The van der Waals surface area contributed by atoms with Crippen molar-refractivity contribution in [3.05, 3.63) is 62.8 Å². The molecule has 0 aliphatic carbocycles. The molecule has 0 radical (unpaired) electrons. The van der Waals surface area contributed by atoms with E-state index < -0.39 is 0 Å². The van der Waals surface area contributed by atoms with Crippen molar-refractivity contribution in [1.82, 2.24) is 0 Å². The Morgan fingerprint density at radius 2 is 2.00 bits per heavy atom. The quantitative estimate of drug-likeness (QED) is 0.799. The molecule has 2 aromatic carbocycles. The highest BCUT2D eigenvalue weighted by Crippen LogP contribution is 2.41. The van der Waals surface area contributed by atoms with E-state index in [4.69, 9.17) is 22.1 Å². The van der Waals surface area contributed by atoms with Gasteiger partial charge in [-0.1, -0.05) is 33.6 Å². The van der Waals surface area contributed by atoms with Crippen LogP contribution in [0.15, 0.2) is 40.9 Å². The van der Waals surface area contributed by atoms with Crippen LogP contribution in [0.25, 0.3) is 0 Å². The van der Waals surface area contributed by atoms with E-state index in [0.29, 0.717) is 22.8 Å². The van der Waals surface area contributed by atoms with Gasteiger partial charge in [0, 0.05) is 33.1 Å². The molecule has 0 fully saturated rings. The number of fused-ring (bicyclic) bond motifs is 1. The first-order valence-electron chi connectivity index (χ1n) is 6.21. The van der Waals surface area contributed by atoms with Crippen molar-refractivity contribution in [3.8, 4) is 5.75 Å². The summed E-state index contributed by atoms with van der Waals surface area (Å²) in [6, 6.07) is 9.81. The van der Waals surface area contributed by atoms with Crippen LogP contribution >= 0.6 is 27.5 Å². The number of halogens is 3. The predicted molar refractivity (Wildman–Crippen MR) is 80.5 cm³/mol. The lowest BCUT2D eigenvalue weighted by Crippen LogP contribution is -2.24. The summed E-state index contributed by atoms with van der Waals surface area (Å²) in [5.74, 6) is 0.317. The number of benzene rings is 2. The van der Waals surface area contributed by atoms with E-state index in [2.05, 4.69) is 15.9 Å². The van der Waals surface area contributed by atoms with Gasteiger partial charge in [-0.05, 0) is 30.3 Å².